The SMILES string of the molecule is CN(C)C(=O)N1CCC(COc2ccc(-c3ccn[nH]3)nc2)CC1. The van der Waals surface area contributed by atoms with E-state index in [1.54, 1.807) is 31.4 Å². The van der Waals surface area contributed by atoms with Crippen LogP contribution in [0, 0.1) is 5.92 Å². The molecular formula is C17H23N5O2. The molecule has 0 aromatic carbocycles. The number of likely N-dealkylation sites (tertiary alicyclic amines) is 1. The van der Waals surface area contributed by atoms with Crippen LogP contribution < -0.4 is 4.74 Å². The minimum Gasteiger partial charge on any atom is -0.492 e. The fourth-order valence-electron chi connectivity index (χ4n) is 2.81. The number of aromatic amines is 1. The number of amides is 2. The summed E-state index contributed by atoms with van der Waals surface area (Å²) in [5.74, 6) is 1.24. The summed E-state index contributed by atoms with van der Waals surface area (Å²) < 4.78 is 5.86. The number of pyridine rings is 1. The van der Waals surface area contributed by atoms with E-state index in [4.69, 9.17) is 4.74 Å². The third-order valence-electron chi connectivity index (χ3n) is 4.27. The normalized spacial score (nSPS) is 15.3. The van der Waals surface area contributed by atoms with Gasteiger partial charge in [0.05, 0.1) is 24.2 Å². The van der Waals surface area contributed by atoms with Gasteiger partial charge in [0.1, 0.15) is 5.75 Å². The number of urea groups is 1. The van der Waals surface area contributed by atoms with Crippen LogP contribution in [-0.2, 0) is 0 Å². The largest absolute Gasteiger partial charge is 0.492 e. The van der Waals surface area contributed by atoms with Crippen molar-refractivity contribution >= 4 is 6.03 Å². The van der Waals surface area contributed by atoms with Gasteiger partial charge >= 0.3 is 6.03 Å². The van der Waals surface area contributed by atoms with Crippen LogP contribution in [0.15, 0.2) is 30.6 Å². The quantitative estimate of drug-likeness (QED) is 0.933. The van der Waals surface area contributed by atoms with E-state index in [9.17, 15) is 4.79 Å². The first-order valence-electron chi connectivity index (χ1n) is 8.18. The first kappa shape index (κ1) is 16.3. The van der Waals surface area contributed by atoms with Crippen molar-refractivity contribution < 1.29 is 9.53 Å². The molecule has 0 bridgehead atoms. The monoisotopic (exact) mass is 329 g/mol. The zero-order valence-electron chi connectivity index (χ0n) is 14.1. The van der Waals surface area contributed by atoms with Gasteiger partial charge in [0, 0.05) is 33.4 Å². The molecule has 1 aliphatic heterocycles. The molecule has 2 aromatic heterocycles. The number of H-pyrrole nitrogens is 1. The molecule has 0 atom stereocenters. The number of carbonyl (C=O) groups excluding carboxylic acids is 1. The van der Waals surface area contributed by atoms with E-state index in [1.807, 2.05) is 23.1 Å². The summed E-state index contributed by atoms with van der Waals surface area (Å²) in [6.45, 7) is 2.25. The van der Waals surface area contributed by atoms with Crippen LogP contribution in [0.3, 0.4) is 0 Å². The van der Waals surface area contributed by atoms with Crippen molar-refractivity contribution in [3.8, 4) is 17.1 Å². The molecule has 0 aliphatic carbocycles. The molecule has 1 fully saturated rings. The molecule has 0 radical (unpaired) electrons. The van der Waals surface area contributed by atoms with Crippen LogP contribution in [-0.4, -0.2) is 64.8 Å². The van der Waals surface area contributed by atoms with E-state index in [1.165, 1.54) is 0 Å². The Labute approximate surface area is 141 Å². The van der Waals surface area contributed by atoms with Crippen molar-refractivity contribution in [2.24, 2.45) is 5.92 Å². The maximum absolute atomic E-state index is 11.9. The highest BCUT2D eigenvalue weighted by atomic mass is 16.5. The molecule has 1 aliphatic rings. The number of nitrogens with one attached hydrogen (secondary N) is 1. The predicted molar refractivity (Wildman–Crippen MR) is 90.7 cm³/mol. The smallest absolute Gasteiger partial charge is 0.319 e. The number of piperidine rings is 1. The Morgan fingerprint density at radius 2 is 2.12 bits per heavy atom. The lowest BCUT2D eigenvalue weighted by atomic mass is 9.98. The van der Waals surface area contributed by atoms with E-state index in [0.29, 0.717) is 12.5 Å². The lowest BCUT2D eigenvalue weighted by Crippen LogP contribution is -2.44. The summed E-state index contributed by atoms with van der Waals surface area (Å²) in [6, 6.07) is 5.81. The summed E-state index contributed by atoms with van der Waals surface area (Å²) >= 11 is 0. The molecule has 7 heteroatoms. The Kier molecular flexibility index (Phi) is 4.98. The number of hydrogen-bond acceptors (Lipinski definition) is 4. The third-order valence-corrected chi connectivity index (χ3v) is 4.27. The molecule has 0 unspecified atom stereocenters. The fraction of sp³-hybridized carbons (Fsp3) is 0.471. The van der Waals surface area contributed by atoms with Gasteiger partial charge in [-0.25, -0.2) is 4.79 Å². The lowest BCUT2D eigenvalue weighted by Gasteiger charge is -2.33. The Morgan fingerprint density at radius 3 is 2.71 bits per heavy atom. The molecule has 0 saturated carbocycles. The van der Waals surface area contributed by atoms with E-state index < -0.39 is 0 Å². The van der Waals surface area contributed by atoms with Crippen LogP contribution in [0.2, 0.25) is 0 Å². The number of nitrogens with zero attached hydrogens (tertiary/aromatic N) is 4. The summed E-state index contributed by atoms with van der Waals surface area (Å²) in [7, 11) is 3.58. The number of carbonyl (C=O) groups is 1. The van der Waals surface area contributed by atoms with Gasteiger partial charge < -0.3 is 14.5 Å². The van der Waals surface area contributed by atoms with E-state index in [-0.39, 0.29) is 6.03 Å². The number of aromatic nitrogens is 3. The van der Waals surface area contributed by atoms with Crippen molar-refractivity contribution in [3.63, 3.8) is 0 Å². The van der Waals surface area contributed by atoms with Gasteiger partial charge in [-0.15, -0.1) is 0 Å². The number of rotatable bonds is 4. The summed E-state index contributed by atoms with van der Waals surface area (Å²) in [5.41, 5.74) is 1.73. The zero-order chi connectivity index (χ0) is 16.9. The van der Waals surface area contributed by atoms with Crippen LogP contribution in [0.25, 0.3) is 11.4 Å². The predicted octanol–water partition coefficient (Wildman–Crippen LogP) is 2.24. The molecular weight excluding hydrogens is 306 g/mol. The summed E-state index contributed by atoms with van der Waals surface area (Å²) in [5, 5.41) is 6.81. The zero-order valence-corrected chi connectivity index (χ0v) is 14.1. The molecule has 2 amide bonds. The standard InChI is InChI=1S/C17H23N5O2/c1-21(2)17(23)22-9-6-13(7-10-22)12-24-14-3-4-15(18-11-14)16-5-8-19-20-16/h3-5,8,11,13H,6-7,9-10,12H2,1-2H3,(H,19,20). The van der Waals surface area contributed by atoms with Gasteiger partial charge in [0.25, 0.3) is 0 Å². The number of ether oxygens (including phenoxy) is 1. The van der Waals surface area contributed by atoms with Crippen molar-refractivity contribution in [3.05, 3.63) is 30.6 Å². The maximum Gasteiger partial charge on any atom is 0.319 e. The Balaban J connectivity index is 1.46. The molecule has 128 valence electrons. The summed E-state index contributed by atoms with van der Waals surface area (Å²) in [4.78, 5) is 19.8. The summed E-state index contributed by atoms with van der Waals surface area (Å²) in [6.07, 6.45) is 5.38. The van der Waals surface area contributed by atoms with Gasteiger partial charge in [0.2, 0.25) is 0 Å². The minimum atomic E-state index is 0.0907. The molecule has 3 heterocycles. The van der Waals surface area contributed by atoms with Gasteiger partial charge in [-0.05, 0) is 37.0 Å². The number of hydrogen-bond donors (Lipinski definition) is 1. The van der Waals surface area contributed by atoms with Crippen molar-refractivity contribution in [2.45, 2.75) is 12.8 Å². The van der Waals surface area contributed by atoms with Gasteiger partial charge in [0.15, 0.2) is 0 Å². The molecule has 3 rings (SSSR count). The highest BCUT2D eigenvalue weighted by Gasteiger charge is 2.24. The Bertz CT molecular complexity index is 646. The van der Waals surface area contributed by atoms with Crippen molar-refractivity contribution in [2.75, 3.05) is 33.8 Å². The topological polar surface area (TPSA) is 74.3 Å². The van der Waals surface area contributed by atoms with E-state index in [2.05, 4.69) is 15.2 Å². The highest BCUT2D eigenvalue weighted by Crippen LogP contribution is 2.21. The van der Waals surface area contributed by atoms with Gasteiger partial charge in [-0.3, -0.25) is 10.1 Å². The molecule has 0 spiro atoms. The second-order valence-electron chi connectivity index (χ2n) is 6.27. The molecule has 1 N–H and O–H groups in total. The molecule has 2 aromatic rings. The lowest BCUT2D eigenvalue weighted by molar-refractivity contribution is 0.129. The van der Waals surface area contributed by atoms with Gasteiger partial charge in [-0.1, -0.05) is 0 Å². The van der Waals surface area contributed by atoms with Crippen LogP contribution in [0.1, 0.15) is 12.8 Å². The maximum atomic E-state index is 11.9. The highest BCUT2D eigenvalue weighted by molar-refractivity contribution is 5.73. The molecule has 7 nitrogen and oxygen atoms in total. The average molecular weight is 329 g/mol. The second kappa shape index (κ2) is 7.33. The van der Waals surface area contributed by atoms with E-state index >= 15 is 0 Å². The van der Waals surface area contributed by atoms with Gasteiger partial charge in [-0.2, -0.15) is 5.10 Å². The van der Waals surface area contributed by atoms with E-state index in [0.717, 1.165) is 43.1 Å². The van der Waals surface area contributed by atoms with Crippen LogP contribution in [0.4, 0.5) is 4.79 Å². The fourth-order valence-corrected chi connectivity index (χ4v) is 2.81. The third kappa shape index (κ3) is 3.84. The van der Waals surface area contributed by atoms with Crippen LogP contribution in [0.5, 0.6) is 5.75 Å². The first-order chi connectivity index (χ1) is 11.6. The van der Waals surface area contributed by atoms with Crippen molar-refractivity contribution in [1.29, 1.82) is 0 Å². The Hall–Kier alpha value is -2.57. The first-order valence-corrected chi connectivity index (χ1v) is 8.18. The average Bonchev–Trinajstić information content (AvgIpc) is 3.15. The second-order valence-corrected chi connectivity index (χ2v) is 6.27. The van der Waals surface area contributed by atoms with Crippen molar-refractivity contribution in [1.82, 2.24) is 25.0 Å². The Morgan fingerprint density at radius 1 is 1.33 bits per heavy atom. The molecule has 24 heavy (non-hydrogen) atoms. The minimum absolute atomic E-state index is 0.0907. The molecule has 1 saturated heterocycles. The van der Waals surface area contributed by atoms with Crippen LogP contribution >= 0.6 is 0 Å².